The largest absolute Gasteiger partial charge is 0.459 e. The molecule has 2 fully saturated rings. The van der Waals surface area contributed by atoms with Crippen LogP contribution in [0.25, 0.3) is 11.0 Å². The molecular weight excluding hydrogens is 264 g/mol. The average Bonchev–Trinajstić information content (AvgIpc) is 3.08. The smallest absolute Gasteiger partial charge is 0.134 e. The highest BCUT2D eigenvalue weighted by Crippen LogP contribution is 2.29. The highest BCUT2D eigenvalue weighted by atomic mass is 16.5. The summed E-state index contributed by atoms with van der Waals surface area (Å²) in [7, 11) is 2.01. The van der Waals surface area contributed by atoms with Crippen molar-refractivity contribution in [2.75, 3.05) is 26.7 Å². The van der Waals surface area contributed by atoms with Gasteiger partial charge >= 0.3 is 0 Å². The van der Waals surface area contributed by atoms with E-state index in [1.54, 1.807) is 0 Å². The van der Waals surface area contributed by atoms with E-state index in [0.29, 0.717) is 12.2 Å². The monoisotopic (exact) mass is 286 g/mol. The van der Waals surface area contributed by atoms with Gasteiger partial charge in [-0.25, -0.2) is 0 Å². The molecule has 21 heavy (non-hydrogen) atoms. The summed E-state index contributed by atoms with van der Waals surface area (Å²) in [5.41, 5.74) is 0.967. The Morgan fingerprint density at radius 2 is 2.00 bits per heavy atom. The van der Waals surface area contributed by atoms with E-state index in [2.05, 4.69) is 28.4 Å². The van der Waals surface area contributed by atoms with Crippen LogP contribution in [0.3, 0.4) is 0 Å². The maximum atomic E-state index is 6.01. The lowest BCUT2D eigenvalue weighted by atomic mass is 10.1. The van der Waals surface area contributed by atoms with Gasteiger partial charge in [0, 0.05) is 25.0 Å². The van der Waals surface area contributed by atoms with Crippen molar-refractivity contribution in [3.05, 3.63) is 36.1 Å². The van der Waals surface area contributed by atoms with Crippen LogP contribution in [0.4, 0.5) is 0 Å². The van der Waals surface area contributed by atoms with Crippen LogP contribution < -0.4 is 5.32 Å². The summed E-state index contributed by atoms with van der Waals surface area (Å²) in [5.74, 6) is 1.03. The molecule has 4 rings (SSSR count). The summed E-state index contributed by atoms with van der Waals surface area (Å²) in [6.07, 6.45) is 3.32. The molecule has 1 aromatic heterocycles. The number of furan rings is 1. The van der Waals surface area contributed by atoms with Gasteiger partial charge in [0.1, 0.15) is 11.3 Å². The van der Waals surface area contributed by atoms with E-state index in [1.165, 1.54) is 18.2 Å². The minimum atomic E-state index is 0.231. The molecule has 4 nitrogen and oxygen atoms in total. The molecule has 1 N–H and O–H groups in total. The molecule has 3 atom stereocenters. The first-order chi connectivity index (χ1) is 10.3. The van der Waals surface area contributed by atoms with Crippen molar-refractivity contribution >= 4 is 11.0 Å². The molecular formula is C17H22N2O2. The van der Waals surface area contributed by atoms with Crippen molar-refractivity contribution in [1.82, 2.24) is 10.2 Å². The van der Waals surface area contributed by atoms with Crippen molar-refractivity contribution in [1.29, 1.82) is 0 Å². The van der Waals surface area contributed by atoms with Gasteiger partial charge in [-0.15, -0.1) is 0 Å². The van der Waals surface area contributed by atoms with Gasteiger partial charge in [0.25, 0.3) is 0 Å². The van der Waals surface area contributed by atoms with E-state index in [1.807, 2.05) is 19.2 Å². The minimum Gasteiger partial charge on any atom is -0.459 e. The molecule has 2 saturated heterocycles. The number of benzene rings is 1. The van der Waals surface area contributed by atoms with Crippen LogP contribution >= 0.6 is 0 Å². The molecule has 2 bridgehead atoms. The van der Waals surface area contributed by atoms with Gasteiger partial charge in [0.2, 0.25) is 0 Å². The predicted molar refractivity (Wildman–Crippen MR) is 82.3 cm³/mol. The summed E-state index contributed by atoms with van der Waals surface area (Å²) < 4.78 is 11.9. The molecule has 1 aromatic carbocycles. The third kappa shape index (κ3) is 2.59. The first kappa shape index (κ1) is 13.3. The van der Waals surface area contributed by atoms with Crippen LogP contribution in [0.2, 0.25) is 0 Å². The summed E-state index contributed by atoms with van der Waals surface area (Å²) in [6.45, 7) is 3.08. The van der Waals surface area contributed by atoms with Crippen LogP contribution in [-0.4, -0.2) is 43.8 Å². The Bertz CT molecular complexity index is 579. The predicted octanol–water partition coefficient (Wildman–Crippen LogP) is 2.56. The second-order valence-corrected chi connectivity index (χ2v) is 6.20. The molecule has 3 unspecified atom stereocenters. The van der Waals surface area contributed by atoms with Crippen molar-refractivity contribution in [2.45, 2.75) is 31.1 Å². The molecule has 4 heteroatoms. The molecule has 112 valence electrons. The van der Waals surface area contributed by atoms with Crippen LogP contribution in [0, 0.1) is 0 Å². The zero-order chi connectivity index (χ0) is 14.2. The van der Waals surface area contributed by atoms with Gasteiger partial charge < -0.3 is 14.5 Å². The number of fused-ring (bicyclic) bond motifs is 3. The summed E-state index contributed by atoms with van der Waals surface area (Å²) >= 11 is 0. The number of ether oxygens (including phenoxy) is 1. The highest BCUT2D eigenvalue weighted by molar-refractivity contribution is 5.77. The third-order valence-corrected chi connectivity index (χ3v) is 4.70. The number of morpholine rings is 1. The maximum absolute atomic E-state index is 6.01. The number of hydrogen-bond acceptors (Lipinski definition) is 4. The van der Waals surface area contributed by atoms with Gasteiger partial charge in [-0.2, -0.15) is 0 Å². The fraction of sp³-hybridized carbons (Fsp3) is 0.529. The number of para-hydroxylation sites is 1. The van der Waals surface area contributed by atoms with Gasteiger partial charge in [0.05, 0.1) is 18.2 Å². The zero-order valence-electron chi connectivity index (χ0n) is 12.4. The fourth-order valence-electron chi connectivity index (χ4n) is 3.60. The Labute approximate surface area is 125 Å². The Morgan fingerprint density at radius 3 is 2.71 bits per heavy atom. The maximum Gasteiger partial charge on any atom is 0.134 e. The lowest BCUT2D eigenvalue weighted by molar-refractivity contribution is -0.0410. The molecule has 0 saturated carbocycles. The van der Waals surface area contributed by atoms with Gasteiger partial charge in [0.15, 0.2) is 0 Å². The first-order valence-corrected chi connectivity index (χ1v) is 7.85. The first-order valence-electron chi connectivity index (χ1n) is 7.85. The van der Waals surface area contributed by atoms with E-state index < -0.39 is 0 Å². The Morgan fingerprint density at radius 1 is 1.24 bits per heavy atom. The number of likely N-dealkylation sites (N-methyl/N-ethyl adjacent to an activating group) is 1. The number of nitrogens with zero attached hydrogens (tertiary/aromatic N) is 1. The van der Waals surface area contributed by atoms with Crippen molar-refractivity contribution < 1.29 is 9.15 Å². The Hall–Kier alpha value is -1.36. The molecule has 0 amide bonds. The van der Waals surface area contributed by atoms with E-state index in [9.17, 15) is 0 Å². The fourth-order valence-corrected chi connectivity index (χ4v) is 3.60. The second-order valence-electron chi connectivity index (χ2n) is 6.20. The number of rotatable bonds is 4. The van der Waals surface area contributed by atoms with E-state index in [-0.39, 0.29) is 6.04 Å². The van der Waals surface area contributed by atoms with E-state index in [4.69, 9.17) is 9.15 Å². The van der Waals surface area contributed by atoms with Crippen LogP contribution in [-0.2, 0) is 4.74 Å². The Kier molecular flexibility index (Phi) is 3.45. The number of hydrogen-bond donors (Lipinski definition) is 1. The molecule has 0 spiro atoms. The van der Waals surface area contributed by atoms with Crippen molar-refractivity contribution in [3.63, 3.8) is 0 Å². The average molecular weight is 286 g/mol. The van der Waals surface area contributed by atoms with Crippen molar-refractivity contribution in [2.24, 2.45) is 0 Å². The standard InChI is InChI=1S/C17H22N2O2/c1-18-15(11-19-9-13-6-7-14(10-19)20-13)17-8-12-4-2-3-5-16(12)21-17/h2-5,8,13-15,18H,6-7,9-11H2,1H3. The second kappa shape index (κ2) is 5.44. The van der Waals surface area contributed by atoms with Gasteiger partial charge in [-0.1, -0.05) is 18.2 Å². The summed E-state index contributed by atoms with van der Waals surface area (Å²) in [4.78, 5) is 2.51. The van der Waals surface area contributed by atoms with Gasteiger partial charge in [-0.05, 0) is 32.0 Å². The summed E-state index contributed by atoms with van der Waals surface area (Å²) in [6, 6.07) is 10.6. The molecule has 0 aliphatic carbocycles. The SMILES string of the molecule is CNC(CN1CC2CCC(C1)O2)c1cc2ccccc2o1. The molecule has 2 aliphatic rings. The van der Waals surface area contributed by atoms with Crippen LogP contribution in [0.1, 0.15) is 24.6 Å². The van der Waals surface area contributed by atoms with Gasteiger partial charge in [-0.3, -0.25) is 4.90 Å². The number of nitrogens with one attached hydrogen (secondary N) is 1. The van der Waals surface area contributed by atoms with E-state index >= 15 is 0 Å². The number of likely N-dealkylation sites (tertiary alicyclic amines) is 1. The minimum absolute atomic E-state index is 0.231. The lowest BCUT2D eigenvalue weighted by Crippen LogP contribution is -2.45. The normalized spacial score (nSPS) is 27.3. The van der Waals surface area contributed by atoms with Crippen LogP contribution in [0.5, 0.6) is 0 Å². The Balaban J connectivity index is 1.51. The topological polar surface area (TPSA) is 37.6 Å². The van der Waals surface area contributed by atoms with Crippen molar-refractivity contribution in [3.8, 4) is 0 Å². The lowest BCUT2D eigenvalue weighted by Gasteiger charge is -2.34. The zero-order valence-corrected chi connectivity index (χ0v) is 12.4. The molecule has 3 heterocycles. The summed E-state index contributed by atoms with van der Waals surface area (Å²) in [5, 5.41) is 4.58. The third-order valence-electron chi connectivity index (χ3n) is 4.70. The van der Waals surface area contributed by atoms with Crippen LogP contribution in [0.15, 0.2) is 34.7 Å². The molecule has 2 aliphatic heterocycles. The molecule has 0 radical (unpaired) electrons. The molecule has 2 aromatic rings. The highest BCUT2D eigenvalue weighted by Gasteiger charge is 2.34. The van der Waals surface area contributed by atoms with E-state index in [0.717, 1.165) is 31.0 Å². The quantitative estimate of drug-likeness (QED) is 0.937.